The number of primary amides is 1. The van der Waals surface area contributed by atoms with Crippen LogP contribution in [-0.2, 0) is 19.2 Å². The number of carbonyl (C=O) groups excluding carboxylic acids is 4. The molecule has 1 saturated heterocycles. The number of hydrogen-bond acceptors (Lipinski definition) is 5. The molecule has 0 aromatic rings. The lowest BCUT2D eigenvalue weighted by Crippen LogP contribution is -2.55. The molecule has 8 nitrogen and oxygen atoms in total. The standard InChI is InChI=1S/C16H25N3O5/c1-16(2)7-9(21)6-10(16)14(23)18-11(8-20)15(24)19-5-3-4-12(19)13(17)22/h10-12,20H,3-8H2,1-2H3,(H2,17,22)(H,18,23)/t10?,11-,12-/m0/s1. The van der Waals surface area contributed by atoms with E-state index in [1.807, 2.05) is 13.8 Å². The van der Waals surface area contributed by atoms with Crippen LogP contribution in [0, 0.1) is 11.3 Å². The number of nitrogens with one attached hydrogen (secondary N) is 1. The Hall–Kier alpha value is -1.96. The molecule has 2 aliphatic rings. The van der Waals surface area contributed by atoms with Gasteiger partial charge in [0.1, 0.15) is 17.9 Å². The van der Waals surface area contributed by atoms with Crippen LogP contribution < -0.4 is 11.1 Å². The minimum absolute atomic E-state index is 0.0142. The molecule has 0 spiro atoms. The fraction of sp³-hybridized carbons (Fsp3) is 0.750. The second kappa shape index (κ2) is 6.88. The van der Waals surface area contributed by atoms with Gasteiger partial charge in [0.25, 0.3) is 0 Å². The quantitative estimate of drug-likeness (QED) is 0.588. The van der Waals surface area contributed by atoms with Crippen LogP contribution in [0.15, 0.2) is 0 Å². The molecule has 4 N–H and O–H groups in total. The summed E-state index contributed by atoms with van der Waals surface area (Å²) >= 11 is 0. The molecule has 2 fully saturated rings. The summed E-state index contributed by atoms with van der Waals surface area (Å²) in [5, 5.41) is 12.0. The molecule has 0 radical (unpaired) electrons. The van der Waals surface area contributed by atoms with Crippen molar-refractivity contribution >= 4 is 23.5 Å². The molecule has 0 bridgehead atoms. The van der Waals surface area contributed by atoms with Gasteiger partial charge < -0.3 is 21.1 Å². The van der Waals surface area contributed by atoms with E-state index in [-0.39, 0.29) is 12.2 Å². The normalized spacial score (nSPS) is 27.1. The Balaban J connectivity index is 2.06. The number of nitrogens with zero attached hydrogens (tertiary/aromatic N) is 1. The molecule has 1 saturated carbocycles. The summed E-state index contributed by atoms with van der Waals surface area (Å²) in [5.74, 6) is -2.05. The van der Waals surface area contributed by atoms with Gasteiger partial charge in [-0.05, 0) is 18.3 Å². The maximum Gasteiger partial charge on any atom is 0.248 e. The Morgan fingerprint density at radius 3 is 2.58 bits per heavy atom. The summed E-state index contributed by atoms with van der Waals surface area (Å²) in [5.41, 5.74) is 4.82. The summed E-state index contributed by atoms with van der Waals surface area (Å²) in [4.78, 5) is 49.4. The smallest absolute Gasteiger partial charge is 0.248 e. The number of carbonyl (C=O) groups is 4. The fourth-order valence-electron chi connectivity index (χ4n) is 3.64. The Bertz CT molecular complexity index is 560. The second-order valence-corrected chi connectivity index (χ2v) is 7.30. The molecule has 8 heteroatoms. The van der Waals surface area contributed by atoms with E-state index in [1.165, 1.54) is 4.90 Å². The Labute approximate surface area is 140 Å². The van der Waals surface area contributed by atoms with Crippen molar-refractivity contribution in [2.45, 2.75) is 51.6 Å². The summed E-state index contributed by atoms with van der Waals surface area (Å²) in [7, 11) is 0. The van der Waals surface area contributed by atoms with Crippen molar-refractivity contribution in [3.05, 3.63) is 0 Å². The zero-order valence-corrected chi connectivity index (χ0v) is 14.1. The van der Waals surface area contributed by atoms with E-state index in [0.29, 0.717) is 25.8 Å². The molecule has 134 valence electrons. The van der Waals surface area contributed by atoms with Crippen LogP contribution in [0.5, 0.6) is 0 Å². The van der Waals surface area contributed by atoms with Crippen LogP contribution >= 0.6 is 0 Å². The molecule has 0 aromatic heterocycles. The Morgan fingerprint density at radius 1 is 1.42 bits per heavy atom. The lowest BCUT2D eigenvalue weighted by Gasteiger charge is -2.29. The molecular weight excluding hydrogens is 314 g/mol. The number of likely N-dealkylation sites (tertiary alicyclic amines) is 1. The van der Waals surface area contributed by atoms with E-state index < -0.39 is 47.7 Å². The van der Waals surface area contributed by atoms with Crippen molar-refractivity contribution in [1.29, 1.82) is 0 Å². The number of aliphatic hydroxyl groups is 1. The number of amides is 3. The van der Waals surface area contributed by atoms with Crippen LogP contribution in [0.4, 0.5) is 0 Å². The zero-order chi connectivity index (χ0) is 18.1. The van der Waals surface area contributed by atoms with Gasteiger partial charge in [0.2, 0.25) is 17.7 Å². The van der Waals surface area contributed by atoms with Gasteiger partial charge in [0.15, 0.2) is 0 Å². The first-order chi connectivity index (χ1) is 11.2. The number of nitrogens with two attached hydrogens (primary N) is 1. The van der Waals surface area contributed by atoms with Crippen LogP contribution in [-0.4, -0.2) is 58.7 Å². The Morgan fingerprint density at radius 2 is 2.08 bits per heavy atom. The minimum atomic E-state index is -1.14. The van der Waals surface area contributed by atoms with E-state index >= 15 is 0 Å². The van der Waals surface area contributed by atoms with Crippen LogP contribution in [0.1, 0.15) is 39.5 Å². The van der Waals surface area contributed by atoms with Crippen LogP contribution in [0.25, 0.3) is 0 Å². The zero-order valence-electron chi connectivity index (χ0n) is 14.1. The molecule has 2 rings (SSSR count). The van der Waals surface area contributed by atoms with Crippen molar-refractivity contribution in [2.24, 2.45) is 17.1 Å². The lowest BCUT2D eigenvalue weighted by atomic mass is 9.81. The highest BCUT2D eigenvalue weighted by atomic mass is 16.3. The summed E-state index contributed by atoms with van der Waals surface area (Å²) in [6, 6.07) is -1.84. The van der Waals surface area contributed by atoms with Crippen LogP contribution in [0.2, 0.25) is 0 Å². The molecular formula is C16H25N3O5. The van der Waals surface area contributed by atoms with Crippen molar-refractivity contribution in [1.82, 2.24) is 10.2 Å². The van der Waals surface area contributed by atoms with E-state index in [4.69, 9.17) is 5.73 Å². The van der Waals surface area contributed by atoms with Gasteiger partial charge in [-0.25, -0.2) is 0 Å². The van der Waals surface area contributed by atoms with E-state index in [0.717, 1.165) is 0 Å². The highest BCUT2D eigenvalue weighted by Crippen LogP contribution is 2.40. The van der Waals surface area contributed by atoms with Gasteiger partial charge in [0, 0.05) is 19.4 Å². The van der Waals surface area contributed by atoms with Gasteiger partial charge in [-0.15, -0.1) is 0 Å². The average molecular weight is 339 g/mol. The van der Waals surface area contributed by atoms with Crippen LogP contribution in [0.3, 0.4) is 0 Å². The maximum atomic E-state index is 12.5. The average Bonchev–Trinajstić information content (AvgIpc) is 3.07. The van der Waals surface area contributed by atoms with Gasteiger partial charge in [-0.3, -0.25) is 19.2 Å². The number of hydrogen-bond donors (Lipinski definition) is 3. The highest BCUT2D eigenvalue weighted by Gasteiger charge is 2.45. The molecule has 0 aromatic carbocycles. The monoisotopic (exact) mass is 339 g/mol. The summed E-state index contributed by atoms with van der Waals surface area (Å²) < 4.78 is 0. The van der Waals surface area contributed by atoms with Gasteiger partial charge >= 0.3 is 0 Å². The first-order valence-corrected chi connectivity index (χ1v) is 8.20. The van der Waals surface area contributed by atoms with Crippen molar-refractivity contribution in [3.63, 3.8) is 0 Å². The minimum Gasteiger partial charge on any atom is -0.394 e. The van der Waals surface area contributed by atoms with E-state index in [2.05, 4.69) is 5.32 Å². The highest BCUT2D eigenvalue weighted by molar-refractivity contribution is 5.95. The predicted molar refractivity (Wildman–Crippen MR) is 84.5 cm³/mol. The first kappa shape index (κ1) is 18.4. The lowest BCUT2D eigenvalue weighted by molar-refractivity contribution is -0.142. The number of rotatable bonds is 5. The molecule has 1 aliphatic heterocycles. The summed E-state index contributed by atoms with van der Waals surface area (Å²) in [6.07, 6.45) is 1.59. The molecule has 1 unspecified atom stereocenters. The summed E-state index contributed by atoms with van der Waals surface area (Å²) in [6.45, 7) is 3.46. The number of ketones is 1. The van der Waals surface area contributed by atoms with Crippen molar-refractivity contribution in [2.75, 3.05) is 13.2 Å². The Kier molecular flexibility index (Phi) is 5.27. The molecule has 24 heavy (non-hydrogen) atoms. The van der Waals surface area contributed by atoms with E-state index in [9.17, 15) is 24.3 Å². The fourth-order valence-corrected chi connectivity index (χ4v) is 3.64. The predicted octanol–water partition coefficient (Wildman–Crippen LogP) is -1.05. The third-order valence-corrected chi connectivity index (χ3v) is 5.01. The third-order valence-electron chi connectivity index (χ3n) is 5.01. The molecule has 1 heterocycles. The molecule has 1 aliphatic carbocycles. The van der Waals surface area contributed by atoms with Crippen molar-refractivity contribution < 1.29 is 24.3 Å². The van der Waals surface area contributed by atoms with Crippen molar-refractivity contribution in [3.8, 4) is 0 Å². The molecule has 3 amide bonds. The molecule has 3 atom stereocenters. The maximum absolute atomic E-state index is 12.5. The van der Waals surface area contributed by atoms with Gasteiger partial charge in [0.05, 0.1) is 12.5 Å². The third kappa shape index (κ3) is 3.58. The second-order valence-electron chi connectivity index (χ2n) is 7.30. The van der Waals surface area contributed by atoms with E-state index in [1.54, 1.807) is 0 Å². The van der Waals surface area contributed by atoms with Gasteiger partial charge in [-0.2, -0.15) is 0 Å². The SMILES string of the molecule is CC1(C)CC(=O)CC1C(=O)N[C@@H](CO)C(=O)N1CCC[C@H]1C(N)=O. The van der Waals surface area contributed by atoms with Gasteiger partial charge in [-0.1, -0.05) is 13.8 Å². The first-order valence-electron chi connectivity index (χ1n) is 8.20. The number of Topliss-reactive ketones (excluding diaryl/α,β-unsaturated/α-hetero) is 1. The largest absolute Gasteiger partial charge is 0.394 e. The number of aliphatic hydroxyl groups excluding tert-OH is 1. The topological polar surface area (TPSA) is 130 Å².